The molecule has 0 radical (unpaired) electrons. The molecular weight excluding hydrogens is 471 g/mol. The van der Waals surface area contributed by atoms with Crippen molar-refractivity contribution < 1.29 is 31.5 Å². The summed E-state index contributed by atoms with van der Waals surface area (Å²) in [5.41, 5.74) is 0.451. The normalized spacial score (nSPS) is 19.2. The molecule has 3 aromatic rings. The van der Waals surface area contributed by atoms with E-state index in [-0.39, 0.29) is 27.7 Å². The molecule has 0 bridgehead atoms. The number of aromatic amines is 1. The third kappa shape index (κ3) is 4.08. The van der Waals surface area contributed by atoms with Gasteiger partial charge in [-0.25, -0.2) is 21.6 Å². The standard InChI is InChI=1S/C20H17ClF3N3O4S/c21-15-7-11(1-2-16(15)22)26-19(29)14-8-12(9-17-13(14)3-5-25-17)32(30,31)27-6-4-18(28)20(23,24)10-27/h1-3,5,7-9,18,25,28H,4,6,10H2,(H,26,29). The van der Waals surface area contributed by atoms with Gasteiger partial charge in [-0.2, -0.15) is 4.31 Å². The third-order valence-electron chi connectivity index (χ3n) is 5.23. The minimum absolute atomic E-state index is 0.0356. The monoisotopic (exact) mass is 487 g/mol. The van der Waals surface area contributed by atoms with Gasteiger partial charge in [-0.05, 0) is 42.8 Å². The first-order valence-corrected chi connectivity index (χ1v) is 11.2. The summed E-state index contributed by atoms with van der Waals surface area (Å²) in [4.78, 5) is 15.4. The zero-order valence-electron chi connectivity index (χ0n) is 16.3. The van der Waals surface area contributed by atoms with E-state index in [0.29, 0.717) is 15.2 Å². The van der Waals surface area contributed by atoms with Gasteiger partial charge in [-0.3, -0.25) is 4.79 Å². The van der Waals surface area contributed by atoms with Crippen LogP contribution in [0.2, 0.25) is 5.02 Å². The number of carbonyl (C=O) groups excluding carboxylic acids is 1. The van der Waals surface area contributed by atoms with Gasteiger partial charge in [0.1, 0.15) is 11.9 Å². The number of alkyl halides is 2. The number of halogens is 4. The second kappa shape index (κ2) is 8.07. The maximum atomic E-state index is 13.9. The van der Waals surface area contributed by atoms with E-state index in [4.69, 9.17) is 11.6 Å². The highest BCUT2D eigenvalue weighted by molar-refractivity contribution is 7.89. The maximum absolute atomic E-state index is 13.9. The Labute approximate surface area is 185 Å². The van der Waals surface area contributed by atoms with Crippen molar-refractivity contribution in [2.45, 2.75) is 23.3 Å². The Morgan fingerprint density at radius 1 is 1.25 bits per heavy atom. The van der Waals surface area contributed by atoms with E-state index >= 15 is 0 Å². The second-order valence-electron chi connectivity index (χ2n) is 7.40. The van der Waals surface area contributed by atoms with Crippen molar-refractivity contribution in [1.82, 2.24) is 9.29 Å². The van der Waals surface area contributed by atoms with E-state index in [1.54, 1.807) is 6.07 Å². The van der Waals surface area contributed by atoms with Crippen LogP contribution in [0.4, 0.5) is 18.9 Å². The number of anilines is 1. The Balaban J connectivity index is 1.71. The number of sulfonamides is 1. The lowest BCUT2D eigenvalue weighted by Crippen LogP contribution is -2.53. The van der Waals surface area contributed by atoms with E-state index < -0.39 is 46.7 Å². The molecule has 1 aliphatic heterocycles. The zero-order valence-corrected chi connectivity index (χ0v) is 17.9. The number of aliphatic hydroxyl groups is 1. The summed E-state index contributed by atoms with van der Waals surface area (Å²) < 4.78 is 68.0. The van der Waals surface area contributed by atoms with Crippen molar-refractivity contribution in [2.75, 3.05) is 18.4 Å². The zero-order chi connectivity index (χ0) is 23.3. The lowest BCUT2D eigenvalue weighted by Gasteiger charge is -2.35. The van der Waals surface area contributed by atoms with Crippen molar-refractivity contribution in [3.8, 4) is 0 Å². The topological polar surface area (TPSA) is 102 Å². The molecule has 0 saturated carbocycles. The lowest BCUT2D eigenvalue weighted by atomic mass is 10.1. The molecular formula is C20H17ClF3N3O4S. The fourth-order valence-electron chi connectivity index (χ4n) is 3.50. The Morgan fingerprint density at radius 2 is 2.00 bits per heavy atom. The number of piperidine rings is 1. The summed E-state index contributed by atoms with van der Waals surface area (Å²) in [7, 11) is -4.40. The third-order valence-corrected chi connectivity index (χ3v) is 7.34. The summed E-state index contributed by atoms with van der Waals surface area (Å²) in [5, 5.41) is 12.1. The number of aliphatic hydroxyl groups excluding tert-OH is 1. The molecule has 1 aliphatic rings. The fourth-order valence-corrected chi connectivity index (χ4v) is 5.20. The number of rotatable bonds is 4. The molecule has 7 nitrogen and oxygen atoms in total. The highest BCUT2D eigenvalue weighted by Crippen LogP contribution is 2.32. The van der Waals surface area contributed by atoms with Crippen molar-refractivity contribution in [2.24, 2.45) is 0 Å². The highest BCUT2D eigenvalue weighted by atomic mass is 35.5. The number of hydrogen-bond donors (Lipinski definition) is 3. The summed E-state index contributed by atoms with van der Waals surface area (Å²) in [6, 6.07) is 7.45. The Hall–Kier alpha value is -2.60. The largest absolute Gasteiger partial charge is 0.387 e. The molecule has 32 heavy (non-hydrogen) atoms. The average molecular weight is 488 g/mol. The molecule has 170 valence electrons. The number of nitrogens with zero attached hydrogens (tertiary/aromatic N) is 1. The van der Waals surface area contributed by atoms with E-state index in [9.17, 15) is 31.5 Å². The molecule has 0 aliphatic carbocycles. The van der Waals surface area contributed by atoms with Gasteiger partial charge in [0.15, 0.2) is 0 Å². The van der Waals surface area contributed by atoms with Crippen molar-refractivity contribution in [3.63, 3.8) is 0 Å². The molecule has 0 spiro atoms. The first-order chi connectivity index (χ1) is 15.0. The van der Waals surface area contributed by atoms with Crippen molar-refractivity contribution in [3.05, 3.63) is 59.0 Å². The quantitative estimate of drug-likeness (QED) is 0.523. The highest BCUT2D eigenvalue weighted by Gasteiger charge is 2.47. The van der Waals surface area contributed by atoms with Gasteiger partial charge in [0.2, 0.25) is 10.0 Å². The Kier molecular flexibility index (Phi) is 5.70. The molecule has 2 aromatic carbocycles. The lowest BCUT2D eigenvalue weighted by molar-refractivity contribution is -0.136. The van der Waals surface area contributed by atoms with Crippen LogP contribution in [0.25, 0.3) is 10.9 Å². The van der Waals surface area contributed by atoms with E-state index in [1.165, 1.54) is 24.4 Å². The van der Waals surface area contributed by atoms with E-state index in [2.05, 4.69) is 10.3 Å². The van der Waals surface area contributed by atoms with Crippen LogP contribution >= 0.6 is 11.6 Å². The molecule has 2 heterocycles. The average Bonchev–Trinajstić information content (AvgIpc) is 3.20. The van der Waals surface area contributed by atoms with Crippen LogP contribution in [0.3, 0.4) is 0 Å². The van der Waals surface area contributed by atoms with Crippen LogP contribution in [0.5, 0.6) is 0 Å². The maximum Gasteiger partial charge on any atom is 0.286 e. The van der Waals surface area contributed by atoms with Crippen LogP contribution in [0, 0.1) is 5.82 Å². The summed E-state index contributed by atoms with van der Waals surface area (Å²) in [5.74, 6) is -4.97. The number of carbonyl (C=O) groups is 1. The Bertz CT molecular complexity index is 1310. The minimum Gasteiger partial charge on any atom is -0.387 e. The molecule has 1 fully saturated rings. The van der Waals surface area contributed by atoms with Crippen molar-refractivity contribution in [1.29, 1.82) is 0 Å². The van der Waals surface area contributed by atoms with Gasteiger partial charge in [-0.1, -0.05) is 11.6 Å². The Morgan fingerprint density at radius 3 is 2.69 bits per heavy atom. The number of aromatic nitrogens is 1. The molecule has 4 rings (SSSR count). The first-order valence-electron chi connectivity index (χ1n) is 9.42. The number of nitrogens with one attached hydrogen (secondary N) is 2. The number of fused-ring (bicyclic) bond motifs is 1. The van der Waals surface area contributed by atoms with Crippen LogP contribution in [0.1, 0.15) is 16.8 Å². The van der Waals surface area contributed by atoms with Crippen LogP contribution < -0.4 is 5.32 Å². The van der Waals surface area contributed by atoms with Crippen LogP contribution in [0.15, 0.2) is 47.5 Å². The SMILES string of the molecule is O=C(Nc1ccc(F)c(Cl)c1)c1cc(S(=O)(=O)N2CCC(O)C(F)(F)C2)cc2[nH]ccc12. The van der Waals surface area contributed by atoms with Crippen LogP contribution in [-0.2, 0) is 10.0 Å². The molecule has 1 saturated heterocycles. The molecule has 12 heteroatoms. The number of benzene rings is 2. The first kappa shape index (κ1) is 22.6. The predicted octanol–water partition coefficient (Wildman–Crippen LogP) is 3.60. The fraction of sp³-hybridized carbons (Fsp3) is 0.250. The van der Waals surface area contributed by atoms with Gasteiger partial charge in [-0.15, -0.1) is 0 Å². The molecule has 1 amide bonds. The van der Waals surface area contributed by atoms with Crippen molar-refractivity contribution >= 4 is 44.1 Å². The molecule has 3 N–H and O–H groups in total. The van der Waals surface area contributed by atoms with Gasteiger partial charge < -0.3 is 15.4 Å². The van der Waals surface area contributed by atoms with Gasteiger partial charge in [0, 0.05) is 29.3 Å². The van der Waals surface area contributed by atoms with E-state index in [1.807, 2.05) is 0 Å². The van der Waals surface area contributed by atoms with Crippen LogP contribution in [-0.4, -0.2) is 53.8 Å². The number of hydrogen-bond acceptors (Lipinski definition) is 4. The van der Waals surface area contributed by atoms with Gasteiger partial charge in [0.25, 0.3) is 11.8 Å². The minimum atomic E-state index is -4.40. The summed E-state index contributed by atoms with van der Waals surface area (Å²) >= 11 is 5.73. The number of amides is 1. The molecule has 1 unspecified atom stereocenters. The smallest absolute Gasteiger partial charge is 0.286 e. The summed E-state index contributed by atoms with van der Waals surface area (Å²) in [6.07, 6.45) is -0.850. The van der Waals surface area contributed by atoms with Gasteiger partial charge in [0.05, 0.1) is 22.0 Å². The number of H-pyrrole nitrogens is 1. The van der Waals surface area contributed by atoms with E-state index in [0.717, 1.165) is 12.1 Å². The molecule has 1 atom stereocenters. The summed E-state index contributed by atoms with van der Waals surface area (Å²) in [6.45, 7) is -1.47. The second-order valence-corrected chi connectivity index (χ2v) is 9.74. The molecule has 1 aromatic heterocycles. The predicted molar refractivity (Wildman–Crippen MR) is 112 cm³/mol. The van der Waals surface area contributed by atoms with Gasteiger partial charge >= 0.3 is 0 Å².